The molecule has 0 aliphatic heterocycles. The van der Waals surface area contributed by atoms with Gasteiger partial charge in [-0.3, -0.25) is 0 Å². The van der Waals surface area contributed by atoms with Gasteiger partial charge in [0.2, 0.25) is 0 Å². The van der Waals surface area contributed by atoms with Gasteiger partial charge in [-0.05, 0) is 34.4 Å². The van der Waals surface area contributed by atoms with Crippen LogP contribution in [0.3, 0.4) is 0 Å². The number of rotatable bonds is 0. The summed E-state index contributed by atoms with van der Waals surface area (Å²) in [6.07, 6.45) is 0. The quantitative estimate of drug-likeness (QED) is 0.277. The molecule has 0 aliphatic rings. The third-order valence-electron chi connectivity index (χ3n) is 4.71. The molecule has 6 nitrogen and oxygen atoms in total. The lowest BCUT2D eigenvalue weighted by Gasteiger charge is -2.05. The molecule has 136 valence electrons. The topological polar surface area (TPSA) is 82.1 Å². The Labute approximate surface area is 177 Å². The van der Waals surface area contributed by atoms with Crippen LogP contribution in [0.25, 0.3) is 63.1 Å². The van der Waals surface area contributed by atoms with Crippen LogP contribution in [0, 0.1) is 35.8 Å². The summed E-state index contributed by atoms with van der Waals surface area (Å²) in [6, 6.07) is 15.7. The first-order valence-electron chi connectivity index (χ1n) is 8.53. The van der Waals surface area contributed by atoms with Crippen LogP contribution in [-0.4, -0.2) is 9.97 Å². The Morgan fingerprint density at radius 2 is 1.47 bits per heavy atom. The standard InChI is InChI=1S/C22H6N6S2/c1-25-15(9-23)21-27-14-7-12-4-3-11-5-6-17-20(19(11)13(12)8-18(14)30-21)28-22(29-17)16(10-24)26-2/h3-8H/b21-15+,22-16+. The zero-order valence-electron chi connectivity index (χ0n) is 15.0. The molecule has 0 aliphatic carbocycles. The van der Waals surface area contributed by atoms with Crippen LogP contribution in [-0.2, 0) is 0 Å². The number of thiazole rings is 2. The van der Waals surface area contributed by atoms with Crippen molar-refractivity contribution in [3.8, 4) is 12.1 Å². The van der Waals surface area contributed by atoms with E-state index in [1.165, 1.54) is 22.7 Å². The summed E-state index contributed by atoms with van der Waals surface area (Å²) in [6.45, 7) is 14.4. The largest absolute Gasteiger partial charge is 0.296 e. The van der Waals surface area contributed by atoms with Crippen molar-refractivity contribution in [3.05, 3.63) is 68.6 Å². The van der Waals surface area contributed by atoms with Crippen molar-refractivity contribution >= 4 is 76.0 Å². The van der Waals surface area contributed by atoms with Crippen molar-refractivity contribution in [3.63, 3.8) is 0 Å². The number of hydrogen-bond acceptors (Lipinski definition) is 6. The normalized spacial score (nSPS) is 12.9. The maximum absolute atomic E-state index is 9.21. The van der Waals surface area contributed by atoms with Crippen LogP contribution in [0.4, 0.5) is 0 Å². The number of benzene rings is 3. The number of aromatic nitrogens is 2. The summed E-state index contributed by atoms with van der Waals surface area (Å²) >= 11 is 2.64. The third kappa shape index (κ3) is 2.50. The average Bonchev–Trinajstić information content (AvgIpc) is 3.37. The van der Waals surface area contributed by atoms with E-state index in [0.29, 0.717) is 9.33 Å². The molecule has 0 unspecified atom stereocenters. The van der Waals surface area contributed by atoms with E-state index in [1.807, 2.05) is 48.5 Å². The Bertz CT molecular complexity index is 1810. The van der Waals surface area contributed by atoms with Crippen molar-refractivity contribution in [1.29, 1.82) is 10.5 Å². The molecule has 0 saturated carbocycles. The molecule has 0 atom stereocenters. The number of fused-ring (bicyclic) bond motifs is 6. The monoisotopic (exact) mass is 418 g/mol. The van der Waals surface area contributed by atoms with E-state index in [1.54, 1.807) is 0 Å². The Balaban J connectivity index is 1.97. The SMILES string of the molecule is [C-]#[N+]/C(C#N)=c1\nc2cc3ccc4ccc5s/c(=C(\C#N)[N+]#[C-])nc5c4c3cc2s1. The maximum Gasteiger partial charge on any atom is 0.296 e. The highest BCUT2D eigenvalue weighted by Gasteiger charge is 2.12. The average molecular weight is 418 g/mol. The lowest BCUT2D eigenvalue weighted by atomic mass is 10.0. The van der Waals surface area contributed by atoms with Gasteiger partial charge in [0, 0.05) is 5.39 Å². The molecule has 0 spiro atoms. The first-order chi connectivity index (χ1) is 14.7. The second-order valence-electron chi connectivity index (χ2n) is 6.30. The third-order valence-corrected chi connectivity index (χ3v) is 6.76. The Morgan fingerprint density at radius 3 is 2.17 bits per heavy atom. The predicted octanol–water partition coefficient (Wildman–Crippen LogP) is 4.31. The van der Waals surface area contributed by atoms with Crippen molar-refractivity contribution < 1.29 is 0 Å². The maximum atomic E-state index is 9.21. The highest BCUT2D eigenvalue weighted by atomic mass is 32.1. The highest BCUT2D eigenvalue weighted by Crippen LogP contribution is 2.34. The van der Waals surface area contributed by atoms with Crippen LogP contribution in [0.2, 0.25) is 0 Å². The van der Waals surface area contributed by atoms with E-state index >= 15 is 0 Å². The van der Waals surface area contributed by atoms with Gasteiger partial charge in [-0.2, -0.15) is 0 Å². The van der Waals surface area contributed by atoms with Crippen molar-refractivity contribution in [1.82, 2.24) is 9.97 Å². The van der Waals surface area contributed by atoms with E-state index in [-0.39, 0.29) is 11.4 Å². The van der Waals surface area contributed by atoms with E-state index in [4.69, 9.17) is 18.4 Å². The molecule has 2 heterocycles. The van der Waals surface area contributed by atoms with Gasteiger partial charge in [-0.1, -0.05) is 18.2 Å². The van der Waals surface area contributed by atoms with E-state index < -0.39 is 0 Å². The second kappa shape index (κ2) is 6.62. The smallest absolute Gasteiger partial charge is 0.248 e. The van der Waals surface area contributed by atoms with Crippen molar-refractivity contribution in [2.75, 3.05) is 0 Å². The summed E-state index contributed by atoms with van der Waals surface area (Å²) in [5.41, 5.74) is 1.45. The second-order valence-corrected chi connectivity index (χ2v) is 8.36. The van der Waals surface area contributed by atoms with Crippen LogP contribution in [0.5, 0.6) is 0 Å². The summed E-state index contributed by atoms with van der Waals surface area (Å²) < 4.78 is 2.60. The van der Waals surface area contributed by atoms with E-state index in [0.717, 1.165) is 42.0 Å². The fourth-order valence-electron chi connectivity index (χ4n) is 3.40. The van der Waals surface area contributed by atoms with E-state index in [2.05, 4.69) is 19.7 Å². The molecule has 2 aromatic heterocycles. The predicted molar refractivity (Wildman–Crippen MR) is 118 cm³/mol. The number of hydrogen-bond donors (Lipinski definition) is 0. The molecule has 5 aromatic rings. The van der Waals surface area contributed by atoms with Gasteiger partial charge >= 0.3 is 0 Å². The zero-order chi connectivity index (χ0) is 20.8. The highest BCUT2D eigenvalue weighted by molar-refractivity contribution is 7.17. The summed E-state index contributed by atoms with van der Waals surface area (Å²) in [5, 5.41) is 22.2. The minimum Gasteiger partial charge on any atom is -0.248 e. The van der Waals surface area contributed by atoms with Gasteiger partial charge in [0.25, 0.3) is 11.4 Å². The lowest BCUT2D eigenvalue weighted by Crippen LogP contribution is -1.99. The van der Waals surface area contributed by atoms with E-state index in [9.17, 15) is 5.26 Å². The van der Waals surface area contributed by atoms with Crippen molar-refractivity contribution in [2.45, 2.75) is 0 Å². The molecule has 0 amide bonds. The van der Waals surface area contributed by atoms with Gasteiger partial charge in [-0.25, -0.2) is 30.2 Å². The van der Waals surface area contributed by atoms with Crippen LogP contribution in [0.15, 0.2) is 36.4 Å². The molecule has 30 heavy (non-hydrogen) atoms. The first-order valence-corrected chi connectivity index (χ1v) is 10.2. The molecule has 3 aromatic carbocycles. The first kappa shape index (κ1) is 17.7. The summed E-state index contributed by atoms with van der Waals surface area (Å²) in [5.74, 6) is 0. The fraction of sp³-hybridized carbons (Fsp3) is 0. The van der Waals surface area contributed by atoms with Crippen LogP contribution < -0.4 is 9.33 Å². The van der Waals surface area contributed by atoms with Gasteiger partial charge in [0.1, 0.15) is 9.33 Å². The van der Waals surface area contributed by atoms with Crippen molar-refractivity contribution in [2.24, 2.45) is 0 Å². The number of nitriles is 2. The lowest BCUT2D eigenvalue weighted by molar-refractivity contribution is 1.41. The molecule has 0 radical (unpaired) electrons. The molecular formula is C22H6N6S2. The molecule has 8 heteroatoms. The van der Waals surface area contributed by atoms with Crippen LogP contribution >= 0.6 is 22.7 Å². The molecule has 0 fully saturated rings. The summed E-state index contributed by atoms with van der Waals surface area (Å²) in [4.78, 5) is 15.6. The van der Waals surface area contributed by atoms with Crippen LogP contribution in [0.1, 0.15) is 0 Å². The minimum absolute atomic E-state index is 0.0159. The molecule has 0 bridgehead atoms. The minimum atomic E-state index is -0.0182. The van der Waals surface area contributed by atoms with Gasteiger partial charge in [0.15, 0.2) is 0 Å². The Kier molecular flexibility index (Phi) is 3.91. The van der Waals surface area contributed by atoms with Gasteiger partial charge in [0.05, 0.1) is 45.7 Å². The molecule has 0 saturated heterocycles. The summed E-state index contributed by atoms with van der Waals surface area (Å²) in [7, 11) is 0. The van der Waals surface area contributed by atoms with Gasteiger partial charge in [-0.15, -0.1) is 22.7 Å². The zero-order valence-corrected chi connectivity index (χ0v) is 16.6. The molecule has 0 N–H and O–H groups in total. The Morgan fingerprint density at radius 1 is 0.833 bits per heavy atom. The number of nitrogens with zero attached hydrogens (tertiary/aromatic N) is 6. The fourth-order valence-corrected chi connectivity index (χ4v) is 5.24. The molecular weight excluding hydrogens is 412 g/mol. The molecule has 5 rings (SSSR count). The van der Waals surface area contributed by atoms with Gasteiger partial charge < -0.3 is 0 Å². The Hall–Kier alpha value is -4.34.